The molecule has 2 heteroatoms. The van der Waals surface area contributed by atoms with Gasteiger partial charge in [-0.3, -0.25) is 0 Å². The number of aliphatic hydroxyl groups excluding tert-OH is 1. The van der Waals surface area contributed by atoms with Crippen LogP contribution in [0, 0.1) is 0 Å². The first kappa shape index (κ1) is 12.1. The minimum Gasteiger partial charge on any atom is -0.491 e. The molecular weight excluding hydrogens is 188 g/mol. The molecule has 1 rings (SSSR count). The second-order valence-electron chi connectivity index (χ2n) is 4.02. The van der Waals surface area contributed by atoms with Crippen molar-refractivity contribution in [3.63, 3.8) is 0 Å². The molecule has 1 aromatic carbocycles. The summed E-state index contributed by atoms with van der Waals surface area (Å²) in [6.45, 7) is 6.31. The van der Waals surface area contributed by atoms with Crippen LogP contribution in [0.2, 0.25) is 0 Å². The van der Waals surface area contributed by atoms with Gasteiger partial charge in [-0.05, 0) is 38.0 Å². The zero-order valence-corrected chi connectivity index (χ0v) is 9.73. The third-order valence-corrected chi connectivity index (χ3v) is 2.44. The molecule has 1 N–H and O–H groups in total. The van der Waals surface area contributed by atoms with E-state index in [1.807, 2.05) is 38.1 Å². The Balaban J connectivity index is 2.71. The zero-order valence-electron chi connectivity index (χ0n) is 9.73. The Hall–Kier alpha value is -1.02. The summed E-state index contributed by atoms with van der Waals surface area (Å²) < 4.78 is 5.55. The minimum atomic E-state index is 0.204. The summed E-state index contributed by atoms with van der Waals surface area (Å²) in [7, 11) is 0. The zero-order chi connectivity index (χ0) is 11.3. The first-order chi connectivity index (χ1) is 7.17. The van der Waals surface area contributed by atoms with Crippen LogP contribution in [-0.4, -0.2) is 17.8 Å². The van der Waals surface area contributed by atoms with Crippen LogP contribution in [0.1, 0.15) is 38.7 Å². The fourth-order valence-corrected chi connectivity index (χ4v) is 1.56. The van der Waals surface area contributed by atoms with Gasteiger partial charge in [0.2, 0.25) is 0 Å². The summed E-state index contributed by atoms with van der Waals surface area (Å²) in [5.74, 6) is 1.14. The molecule has 1 atom stereocenters. The second kappa shape index (κ2) is 5.76. The molecule has 0 fully saturated rings. The van der Waals surface area contributed by atoms with Gasteiger partial charge in [0.25, 0.3) is 0 Å². The van der Waals surface area contributed by atoms with Gasteiger partial charge in [0.15, 0.2) is 0 Å². The Bertz CT molecular complexity index is 273. The number of hydrogen-bond donors (Lipinski definition) is 1. The van der Waals surface area contributed by atoms with Crippen molar-refractivity contribution in [1.29, 1.82) is 0 Å². The first-order valence-electron chi connectivity index (χ1n) is 5.54. The average molecular weight is 208 g/mol. The molecular formula is C13H20O2. The highest BCUT2D eigenvalue weighted by Crippen LogP contribution is 2.22. The lowest BCUT2D eigenvalue weighted by Crippen LogP contribution is -2.06. The highest BCUT2D eigenvalue weighted by atomic mass is 16.5. The summed E-state index contributed by atoms with van der Waals surface area (Å²) in [5, 5.41) is 9.16. The van der Waals surface area contributed by atoms with Crippen molar-refractivity contribution >= 4 is 0 Å². The number of hydrogen-bond acceptors (Lipinski definition) is 2. The van der Waals surface area contributed by atoms with Gasteiger partial charge in [-0.15, -0.1) is 0 Å². The molecule has 0 bridgehead atoms. The van der Waals surface area contributed by atoms with Gasteiger partial charge in [0.05, 0.1) is 6.10 Å². The van der Waals surface area contributed by atoms with E-state index >= 15 is 0 Å². The van der Waals surface area contributed by atoms with Crippen molar-refractivity contribution in [1.82, 2.24) is 0 Å². The van der Waals surface area contributed by atoms with Crippen LogP contribution in [-0.2, 0) is 0 Å². The highest BCUT2D eigenvalue weighted by Gasteiger charge is 2.07. The van der Waals surface area contributed by atoms with Crippen molar-refractivity contribution in [3.05, 3.63) is 29.8 Å². The topological polar surface area (TPSA) is 29.5 Å². The normalized spacial score (nSPS) is 12.9. The average Bonchev–Trinajstić information content (AvgIpc) is 2.21. The largest absolute Gasteiger partial charge is 0.491 e. The third-order valence-electron chi connectivity index (χ3n) is 2.44. The minimum absolute atomic E-state index is 0.204. The van der Waals surface area contributed by atoms with Gasteiger partial charge in [0.1, 0.15) is 5.75 Å². The van der Waals surface area contributed by atoms with Crippen molar-refractivity contribution < 1.29 is 9.84 Å². The van der Waals surface area contributed by atoms with E-state index in [-0.39, 0.29) is 18.6 Å². The Labute approximate surface area is 91.9 Å². The molecule has 0 amide bonds. The molecule has 0 aliphatic heterocycles. The molecule has 0 aliphatic carbocycles. The van der Waals surface area contributed by atoms with Gasteiger partial charge >= 0.3 is 0 Å². The second-order valence-corrected chi connectivity index (χ2v) is 4.02. The first-order valence-corrected chi connectivity index (χ1v) is 5.54. The van der Waals surface area contributed by atoms with Crippen molar-refractivity contribution in [2.45, 2.75) is 39.2 Å². The standard InChI is InChI=1S/C13H20O2/c1-4-11(9-14)12-5-7-13(8-6-12)15-10(2)3/h5-8,10-11,14H,4,9H2,1-3H3. The van der Waals surface area contributed by atoms with Crippen LogP contribution >= 0.6 is 0 Å². The van der Waals surface area contributed by atoms with Crippen LogP contribution in [0.5, 0.6) is 5.75 Å². The lowest BCUT2D eigenvalue weighted by atomic mass is 9.97. The fraction of sp³-hybridized carbons (Fsp3) is 0.538. The molecule has 0 heterocycles. The summed E-state index contributed by atoms with van der Waals surface area (Å²) >= 11 is 0. The van der Waals surface area contributed by atoms with Gasteiger partial charge in [0, 0.05) is 12.5 Å². The van der Waals surface area contributed by atoms with E-state index in [0.717, 1.165) is 12.2 Å². The van der Waals surface area contributed by atoms with Crippen LogP contribution in [0.3, 0.4) is 0 Å². The summed E-state index contributed by atoms with van der Waals surface area (Å²) in [6.07, 6.45) is 1.16. The lowest BCUT2D eigenvalue weighted by Gasteiger charge is -2.14. The Morgan fingerprint density at radius 2 is 1.80 bits per heavy atom. The van der Waals surface area contributed by atoms with E-state index in [1.54, 1.807) is 0 Å². The van der Waals surface area contributed by atoms with Crippen LogP contribution in [0.4, 0.5) is 0 Å². The molecule has 1 unspecified atom stereocenters. The van der Waals surface area contributed by atoms with Gasteiger partial charge < -0.3 is 9.84 Å². The fourth-order valence-electron chi connectivity index (χ4n) is 1.56. The summed E-state index contributed by atoms with van der Waals surface area (Å²) in [5.41, 5.74) is 1.18. The maximum Gasteiger partial charge on any atom is 0.119 e. The Kier molecular flexibility index (Phi) is 4.63. The third kappa shape index (κ3) is 3.56. The SMILES string of the molecule is CCC(CO)c1ccc(OC(C)C)cc1. The smallest absolute Gasteiger partial charge is 0.119 e. The predicted octanol–water partition coefficient (Wildman–Crippen LogP) is 2.96. The monoisotopic (exact) mass is 208 g/mol. The van der Waals surface area contributed by atoms with E-state index in [0.29, 0.717) is 0 Å². The number of aliphatic hydroxyl groups is 1. The molecule has 0 saturated carbocycles. The molecule has 0 spiro atoms. The predicted molar refractivity (Wildman–Crippen MR) is 62.3 cm³/mol. The molecule has 84 valence electrons. The van der Waals surface area contributed by atoms with Gasteiger partial charge in [-0.25, -0.2) is 0 Å². The molecule has 0 radical (unpaired) electrons. The van der Waals surface area contributed by atoms with Crippen molar-refractivity contribution in [3.8, 4) is 5.75 Å². The van der Waals surface area contributed by atoms with E-state index in [2.05, 4.69) is 6.92 Å². The van der Waals surface area contributed by atoms with E-state index in [9.17, 15) is 0 Å². The highest BCUT2D eigenvalue weighted by molar-refractivity contribution is 5.29. The summed E-state index contributed by atoms with van der Waals surface area (Å²) in [4.78, 5) is 0. The Morgan fingerprint density at radius 3 is 2.20 bits per heavy atom. The van der Waals surface area contributed by atoms with Crippen LogP contribution in [0.15, 0.2) is 24.3 Å². The molecule has 15 heavy (non-hydrogen) atoms. The van der Waals surface area contributed by atoms with Crippen molar-refractivity contribution in [2.75, 3.05) is 6.61 Å². The number of benzene rings is 1. The number of ether oxygens (including phenoxy) is 1. The van der Waals surface area contributed by atoms with Gasteiger partial charge in [-0.1, -0.05) is 19.1 Å². The molecule has 0 saturated heterocycles. The van der Waals surface area contributed by atoms with E-state index in [1.165, 1.54) is 5.56 Å². The maximum atomic E-state index is 9.16. The number of rotatable bonds is 5. The van der Waals surface area contributed by atoms with Crippen LogP contribution in [0.25, 0.3) is 0 Å². The molecule has 0 aliphatic rings. The van der Waals surface area contributed by atoms with E-state index < -0.39 is 0 Å². The summed E-state index contributed by atoms with van der Waals surface area (Å²) in [6, 6.07) is 7.99. The van der Waals surface area contributed by atoms with Gasteiger partial charge in [-0.2, -0.15) is 0 Å². The van der Waals surface area contributed by atoms with Crippen molar-refractivity contribution in [2.24, 2.45) is 0 Å². The molecule has 1 aromatic rings. The molecule has 0 aromatic heterocycles. The quantitative estimate of drug-likeness (QED) is 0.806. The van der Waals surface area contributed by atoms with E-state index in [4.69, 9.17) is 9.84 Å². The van der Waals surface area contributed by atoms with Crippen LogP contribution < -0.4 is 4.74 Å². The molecule has 2 nitrogen and oxygen atoms in total. The lowest BCUT2D eigenvalue weighted by molar-refractivity contribution is 0.241. The Morgan fingerprint density at radius 1 is 1.20 bits per heavy atom. The maximum absolute atomic E-state index is 9.16.